The van der Waals surface area contributed by atoms with Crippen molar-refractivity contribution in [1.82, 2.24) is 0 Å². The van der Waals surface area contributed by atoms with Gasteiger partial charge in [0.15, 0.2) is 0 Å². The summed E-state index contributed by atoms with van der Waals surface area (Å²) in [6.45, 7) is 1.82. The van der Waals surface area contributed by atoms with E-state index < -0.39 is 11.6 Å². The van der Waals surface area contributed by atoms with Gasteiger partial charge in [-0.2, -0.15) is 0 Å². The number of hydrogen-bond donors (Lipinski definition) is 0. The first kappa shape index (κ1) is 11.9. The van der Waals surface area contributed by atoms with E-state index in [4.69, 9.17) is 18.9 Å². The van der Waals surface area contributed by atoms with E-state index in [0.717, 1.165) is 24.8 Å². The van der Waals surface area contributed by atoms with Crippen molar-refractivity contribution in [3.05, 3.63) is 35.9 Å². The van der Waals surface area contributed by atoms with Gasteiger partial charge in [-0.15, -0.1) is 0 Å². The largest absolute Gasteiger partial charge is 0.345 e. The third-order valence-electron chi connectivity index (χ3n) is 4.20. The molecule has 1 aromatic carbocycles. The van der Waals surface area contributed by atoms with Crippen molar-refractivity contribution >= 4 is 0 Å². The summed E-state index contributed by atoms with van der Waals surface area (Å²) >= 11 is 0. The second-order valence-electron chi connectivity index (χ2n) is 5.40. The smallest absolute Gasteiger partial charge is 0.251 e. The molecule has 0 amide bonds. The van der Waals surface area contributed by atoms with Crippen molar-refractivity contribution in [2.24, 2.45) is 0 Å². The average Bonchev–Trinajstić information content (AvgIpc) is 2.88. The fourth-order valence-electron chi connectivity index (χ4n) is 3.29. The maximum Gasteiger partial charge on any atom is 0.251 e. The van der Waals surface area contributed by atoms with E-state index >= 15 is 0 Å². The van der Waals surface area contributed by atoms with E-state index in [-0.39, 0.29) is 6.10 Å². The summed E-state index contributed by atoms with van der Waals surface area (Å²) in [4.78, 5) is 0. The Morgan fingerprint density at radius 3 is 2.58 bits per heavy atom. The quantitative estimate of drug-likeness (QED) is 0.777. The number of rotatable bonds is 1. The second kappa shape index (κ2) is 4.28. The van der Waals surface area contributed by atoms with Crippen LogP contribution in [-0.2, 0) is 24.7 Å². The van der Waals surface area contributed by atoms with Crippen LogP contribution in [0.5, 0.6) is 0 Å². The summed E-state index contributed by atoms with van der Waals surface area (Å²) < 4.78 is 24.4. The molecular formula is C15H18O4. The highest BCUT2D eigenvalue weighted by atomic mass is 16.8. The lowest BCUT2D eigenvalue weighted by Gasteiger charge is -2.50. The van der Waals surface area contributed by atoms with Gasteiger partial charge >= 0.3 is 0 Å². The van der Waals surface area contributed by atoms with Crippen molar-refractivity contribution in [1.29, 1.82) is 0 Å². The van der Waals surface area contributed by atoms with E-state index in [9.17, 15) is 0 Å². The number of ether oxygens (including phenoxy) is 4. The first-order valence-electron chi connectivity index (χ1n) is 7.00. The average molecular weight is 262 g/mol. The molecule has 0 N–H and O–H groups in total. The molecule has 4 rings (SSSR count). The van der Waals surface area contributed by atoms with Crippen LogP contribution in [-0.4, -0.2) is 31.7 Å². The summed E-state index contributed by atoms with van der Waals surface area (Å²) in [7, 11) is 0. The molecule has 0 unspecified atom stereocenters. The lowest BCUT2D eigenvalue weighted by molar-refractivity contribution is -0.427. The Morgan fingerprint density at radius 1 is 0.947 bits per heavy atom. The molecule has 3 fully saturated rings. The van der Waals surface area contributed by atoms with Crippen molar-refractivity contribution in [3.63, 3.8) is 0 Å². The molecule has 3 atom stereocenters. The summed E-state index contributed by atoms with van der Waals surface area (Å²) in [5, 5.41) is 0. The molecule has 102 valence electrons. The first-order chi connectivity index (χ1) is 9.35. The Balaban J connectivity index is 1.81. The molecule has 0 saturated carbocycles. The Kier molecular flexibility index (Phi) is 2.67. The van der Waals surface area contributed by atoms with Crippen LogP contribution in [0, 0.1) is 0 Å². The van der Waals surface area contributed by atoms with Crippen molar-refractivity contribution in [2.45, 2.75) is 36.9 Å². The summed E-state index contributed by atoms with van der Waals surface area (Å²) in [5.74, 6) is -1.67. The third kappa shape index (κ3) is 1.61. The van der Waals surface area contributed by atoms with E-state index in [0.29, 0.717) is 19.8 Å². The van der Waals surface area contributed by atoms with E-state index in [1.165, 1.54) is 0 Å². The summed E-state index contributed by atoms with van der Waals surface area (Å²) in [6.07, 6.45) is 2.97. The van der Waals surface area contributed by atoms with Gasteiger partial charge in [-0.1, -0.05) is 30.3 Å². The molecule has 0 aliphatic carbocycles. The zero-order chi connectivity index (χ0) is 12.8. The normalized spacial score (nSPS) is 41.6. The van der Waals surface area contributed by atoms with E-state index in [2.05, 4.69) is 0 Å². The highest BCUT2D eigenvalue weighted by molar-refractivity contribution is 5.25. The molecule has 19 heavy (non-hydrogen) atoms. The zero-order valence-electron chi connectivity index (χ0n) is 10.8. The molecular weight excluding hydrogens is 244 g/mol. The molecule has 3 heterocycles. The fourth-order valence-corrected chi connectivity index (χ4v) is 3.29. The topological polar surface area (TPSA) is 36.9 Å². The lowest BCUT2D eigenvalue weighted by Crippen LogP contribution is -2.61. The first-order valence-corrected chi connectivity index (χ1v) is 7.00. The van der Waals surface area contributed by atoms with Crippen molar-refractivity contribution in [3.8, 4) is 0 Å². The van der Waals surface area contributed by atoms with Gasteiger partial charge in [0.1, 0.15) is 6.10 Å². The Morgan fingerprint density at radius 2 is 1.79 bits per heavy atom. The van der Waals surface area contributed by atoms with Gasteiger partial charge in [-0.3, -0.25) is 0 Å². The fraction of sp³-hybridized carbons (Fsp3) is 0.600. The van der Waals surface area contributed by atoms with Gasteiger partial charge < -0.3 is 18.9 Å². The zero-order valence-corrected chi connectivity index (χ0v) is 10.8. The van der Waals surface area contributed by atoms with Gasteiger partial charge in [-0.25, -0.2) is 0 Å². The minimum absolute atomic E-state index is 0.0105. The van der Waals surface area contributed by atoms with Crippen LogP contribution in [0.1, 0.15) is 24.8 Å². The van der Waals surface area contributed by atoms with Gasteiger partial charge in [0.2, 0.25) is 5.79 Å². The molecule has 4 heteroatoms. The van der Waals surface area contributed by atoms with Crippen LogP contribution in [0.4, 0.5) is 0 Å². The molecule has 1 spiro atoms. The highest BCUT2D eigenvalue weighted by Gasteiger charge is 2.65. The Hall–Kier alpha value is -0.940. The predicted molar refractivity (Wildman–Crippen MR) is 67.4 cm³/mol. The molecule has 3 aliphatic rings. The van der Waals surface area contributed by atoms with Crippen LogP contribution < -0.4 is 0 Å². The SMILES string of the molecule is c1ccc([C@]23OC[C@H](CO[C@]24CCCCO4)O3)cc1. The van der Waals surface area contributed by atoms with E-state index in [1.807, 2.05) is 30.3 Å². The molecule has 2 bridgehead atoms. The standard InChI is InChI=1S/C15H18O4/c1-2-6-12(7-3-1)15-14(8-4-5-9-16-14)17-10-13(19-15)11-18-15/h1-3,6-7,13H,4-5,8-11H2/t13-,14+,15+/m0/s1. The monoisotopic (exact) mass is 262 g/mol. The highest BCUT2D eigenvalue weighted by Crippen LogP contribution is 2.52. The molecule has 0 aromatic heterocycles. The van der Waals surface area contributed by atoms with Gasteiger partial charge in [-0.05, 0) is 12.8 Å². The van der Waals surface area contributed by atoms with E-state index in [1.54, 1.807) is 0 Å². The summed E-state index contributed by atoms with van der Waals surface area (Å²) in [6, 6.07) is 10.0. The van der Waals surface area contributed by atoms with Crippen LogP contribution in [0.25, 0.3) is 0 Å². The van der Waals surface area contributed by atoms with Crippen LogP contribution in [0.15, 0.2) is 30.3 Å². The van der Waals surface area contributed by atoms with Crippen molar-refractivity contribution < 1.29 is 18.9 Å². The Bertz CT molecular complexity index is 454. The summed E-state index contributed by atoms with van der Waals surface area (Å²) in [5.41, 5.74) is 0.985. The molecule has 0 radical (unpaired) electrons. The number of fused-ring (bicyclic) bond motifs is 3. The molecule has 3 aliphatic heterocycles. The lowest BCUT2D eigenvalue weighted by atomic mass is 9.90. The molecule has 1 aromatic rings. The van der Waals surface area contributed by atoms with Gasteiger partial charge in [0, 0.05) is 12.0 Å². The number of benzene rings is 1. The van der Waals surface area contributed by atoms with Gasteiger partial charge in [0.25, 0.3) is 5.79 Å². The van der Waals surface area contributed by atoms with Crippen LogP contribution in [0.3, 0.4) is 0 Å². The minimum atomic E-state index is -0.891. The minimum Gasteiger partial charge on any atom is -0.345 e. The third-order valence-corrected chi connectivity index (χ3v) is 4.20. The second-order valence-corrected chi connectivity index (χ2v) is 5.40. The maximum atomic E-state index is 6.19. The van der Waals surface area contributed by atoms with Gasteiger partial charge in [0.05, 0.1) is 19.8 Å². The van der Waals surface area contributed by atoms with Crippen molar-refractivity contribution in [2.75, 3.05) is 19.8 Å². The van der Waals surface area contributed by atoms with Crippen LogP contribution in [0.2, 0.25) is 0 Å². The number of hydrogen-bond acceptors (Lipinski definition) is 4. The molecule has 3 saturated heterocycles. The van der Waals surface area contributed by atoms with Crippen LogP contribution >= 0.6 is 0 Å². The predicted octanol–water partition coefficient (Wildman–Crippen LogP) is 2.18. The molecule has 4 nitrogen and oxygen atoms in total. The maximum absolute atomic E-state index is 6.19. The Labute approximate surface area is 112 Å².